The summed E-state index contributed by atoms with van der Waals surface area (Å²) in [7, 11) is 3.51. The van der Waals surface area contributed by atoms with Crippen LogP contribution >= 0.6 is 0 Å². The maximum Gasteiger partial charge on any atom is 0.122 e. The van der Waals surface area contributed by atoms with E-state index in [1.54, 1.807) is 14.2 Å². The van der Waals surface area contributed by atoms with Gasteiger partial charge >= 0.3 is 0 Å². The highest BCUT2D eigenvalue weighted by atomic mass is 16.5. The molecule has 0 aliphatic rings. The second-order valence-electron chi connectivity index (χ2n) is 8.72. The molecular weight excluding hydrogens is 332 g/mol. The minimum absolute atomic E-state index is 0.0939. The average Bonchev–Trinajstić information content (AvgIpc) is 2.67. The van der Waals surface area contributed by atoms with Crippen molar-refractivity contribution in [2.75, 3.05) is 14.2 Å². The molecule has 27 heavy (non-hydrogen) atoms. The van der Waals surface area contributed by atoms with E-state index in [0.29, 0.717) is 0 Å². The van der Waals surface area contributed by atoms with Gasteiger partial charge in [0.1, 0.15) is 11.5 Å². The van der Waals surface area contributed by atoms with Gasteiger partial charge in [0, 0.05) is 11.1 Å². The quantitative estimate of drug-likeness (QED) is 0.518. The van der Waals surface area contributed by atoms with E-state index < -0.39 is 0 Å². The van der Waals surface area contributed by atoms with E-state index in [0.717, 1.165) is 30.8 Å². The molecule has 0 bridgehead atoms. The molecule has 0 aromatic heterocycles. The Balaban J connectivity index is 2.43. The van der Waals surface area contributed by atoms with Crippen LogP contribution in [-0.2, 0) is 17.3 Å². The van der Waals surface area contributed by atoms with Crippen molar-refractivity contribution in [2.24, 2.45) is 0 Å². The average molecular weight is 369 g/mol. The Labute approximate surface area is 165 Å². The van der Waals surface area contributed by atoms with Crippen molar-refractivity contribution in [3.63, 3.8) is 0 Å². The fourth-order valence-corrected chi connectivity index (χ4v) is 3.40. The topological polar surface area (TPSA) is 18.5 Å². The third kappa shape index (κ3) is 4.66. The standard InChI is InChI=1S/C25H36O2/c1-9-24(3,4)20-16-18(11-13-22(20)26-7)15-19-12-14-23(27-8)21(17-19)25(5,6)10-2/h11-14,16-17H,9-10,15H2,1-8H3. The zero-order valence-corrected chi connectivity index (χ0v) is 18.4. The smallest absolute Gasteiger partial charge is 0.122 e. The summed E-state index contributed by atoms with van der Waals surface area (Å²) < 4.78 is 11.3. The molecule has 0 aliphatic carbocycles. The van der Waals surface area contributed by atoms with E-state index in [4.69, 9.17) is 9.47 Å². The van der Waals surface area contributed by atoms with Gasteiger partial charge < -0.3 is 9.47 Å². The van der Waals surface area contributed by atoms with Gasteiger partial charge in [-0.1, -0.05) is 65.8 Å². The number of hydrogen-bond donors (Lipinski definition) is 0. The Morgan fingerprint density at radius 2 is 1.04 bits per heavy atom. The maximum atomic E-state index is 5.63. The first-order valence-electron chi connectivity index (χ1n) is 10.0. The van der Waals surface area contributed by atoms with Crippen molar-refractivity contribution in [3.05, 3.63) is 58.7 Å². The summed E-state index contributed by atoms with van der Waals surface area (Å²) in [4.78, 5) is 0. The van der Waals surface area contributed by atoms with Crippen LogP contribution in [0.2, 0.25) is 0 Å². The number of hydrogen-bond acceptors (Lipinski definition) is 2. The first-order valence-corrected chi connectivity index (χ1v) is 10.0. The zero-order valence-electron chi connectivity index (χ0n) is 18.4. The molecular formula is C25H36O2. The largest absolute Gasteiger partial charge is 0.496 e. The molecule has 0 N–H and O–H groups in total. The number of methoxy groups -OCH3 is 2. The lowest BCUT2D eigenvalue weighted by molar-refractivity contribution is 0.389. The number of benzene rings is 2. The molecule has 0 aliphatic heterocycles. The van der Waals surface area contributed by atoms with Crippen molar-refractivity contribution < 1.29 is 9.47 Å². The van der Waals surface area contributed by atoms with E-state index >= 15 is 0 Å². The lowest BCUT2D eigenvalue weighted by Gasteiger charge is -2.27. The molecule has 0 unspecified atom stereocenters. The van der Waals surface area contributed by atoms with Crippen LogP contribution in [0.15, 0.2) is 36.4 Å². The van der Waals surface area contributed by atoms with Crippen LogP contribution in [0.25, 0.3) is 0 Å². The van der Waals surface area contributed by atoms with Gasteiger partial charge in [-0.15, -0.1) is 0 Å². The second kappa shape index (κ2) is 8.37. The normalized spacial score (nSPS) is 12.1. The predicted octanol–water partition coefficient (Wildman–Crippen LogP) is 6.67. The monoisotopic (exact) mass is 368 g/mol. The summed E-state index contributed by atoms with van der Waals surface area (Å²) in [6.45, 7) is 13.6. The van der Waals surface area contributed by atoms with Crippen LogP contribution in [0.5, 0.6) is 11.5 Å². The Morgan fingerprint density at radius 1 is 0.667 bits per heavy atom. The molecule has 0 saturated heterocycles. The van der Waals surface area contributed by atoms with Gasteiger partial charge in [0.15, 0.2) is 0 Å². The van der Waals surface area contributed by atoms with Gasteiger partial charge in [0.05, 0.1) is 14.2 Å². The van der Waals surface area contributed by atoms with Crippen LogP contribution in [0.3, 0.4) is 0 Å². The van der Waals surface area contributed by atoms with Crippen LogP contribution in [0.1, 0.15) is 76.6 Å². The van der Waals surface area contributed by atoms with Gasteiger partial charge in [-0.05, 0) is 53.4 Å². The van der Waals surface area contributed by atoms with Crippen LogP contribution in [-0.4, -0.2) is 14.2 Å². The Hall–Kier alpha value is -1.96. The highest BCUT2D eigenvalue weighted by Gasteiger charge is 2.24. The number of rotatable bonds is 8. The predicted molar refractivity (Wildman–Crippen MR) is 115 cm³/mol. The van der Waals surface area contributed by atoms with Crippen molar-refractivity contribution in [2.45, 2.75) is 71.6 Å². The number of ether oxygens (including phenoxy) is 2. The summed E-state index contributed by atoms with van der Waals surface area (Å²) in [5, 5.41) is 0. The molecule has 0 fully saturated rings. The Morgan fingerprint density at radius 3 is 1.33 bits per heavy atom. The molecule has 0 atom stereocenters. The van der Waals surface area contributed by atoms with Crippen molar-refractivity contribution in [1.82, 2.24) is 0 Å². The third-order valence-corrected chi connectivity index (χ3v) is 6.16. The molecule has 2 aromatic rings. The zero-order chi connectivity index (χ0) is 20.2. The fraction of sp³-hybridized carbons (Fsp3) is 0.520. The minimum Gasteiger partial charge on any atom is -0.496 e. The second-order valence-corrected chi connectivity index (χ2v) is 8.72. The first-order chi connectivity index (χ1) is 12.7. The van der Waals surface area contributed by atoms with Gasteiger partial charge in [0.2, 0.25) is 0 Å². The van der Waals surface area contributed by atoms with E-state index in [1.807, 2.05) is 0 Å². The molecule has 0 saturated carbocycles. The lowest BCUT2D eigenvalue weighted by Crippen LogP contribution is -2.18. The molecule has 0 heterocycles. The van der Waals surface area contributed by atoms with Crippen molar-refractivity contribution in [1.29, 1.82) is 0 Å². The molecule has 0 spiro atoms. The van der Waals surface area contributed by atoms with Gasteiger partial charge in [-0.3, -0.25) is 0 Å². The van der Waals surface area contributed by atoms with Gasteiger partial charge in [-0.25, -0.2) is 0 Å². The lowest BCUT2D eigenvalue weighted by atomic mass is 9.79. The van der Waals surface area contributed by atoms with Crippen LogP contribution in [0.4, 0.5) is 0 Å². The third-order valence-electron chi connectivity index (χ3n) is 6.16. The van der Waals surface area contributed by atoms with Crippen LogP contribution in [0, 0.1) is 0 Å². The summed E-state index contributed by atoms with van der Waals surface area (Å²) in [5.74, 6) is 1.96. The molecule has 2 nitrogen and oxygen atoms in total. The van der Waals surface area contributed by atoms with E-state index in [9.17, 15) is 0 Å². The van der Waals surface area contributed by atoms with E-state index in [1.165, 1.54) is 22.3 Å². The van der Waals surface area contributed by atoms with E-state index in [-0.39, 0.29) is 10.8 Å². The summed E-state index contributed by atoms with van der Waals surface area (Å²) in [6.07, 6.45) is 3.06. The fourth-order valence-electron chi connectivity index (χ4n) is 3.40. The summed E-state index contributed by atoms with van der Waals surface area (Å²) in [6, 6.07) is 13.2. The van der Waals surface area contributed by atoms with Crippen molar-refractivity contribution in [3.8, 4) is 11.5 Å². The highest BCUT2D eigenvalue weighted by Crippen LogP contribution is 2.37. The maximum absolute atomic E-state index is 5.63. The molecule has 0 amide bonds. The molecule has 148 valence electrons. The molecule has 2 aromatic carbocycles. The molecule has 2 rings (SSSR count). The Kier molecular flexibility index (Phi) is 6.62. The van der Waals surface area contributed by atoms with Crippen LogP contribution < -0.4 is 9.47 Å². The van der Waals surface area contributed by atoms with Gasteiger partial charge in [-0.2, -0.15) is 0 Å². The van der Waals surface area contributed by atoms with Crippen molar-refractivity contribution >= 4 is 0 Å². The summed E-state index contributed by atoms with van der Waals surface area (Å²) in [5.41, 5.74) is 5.39. The molecule has 0 radical (unpaired) electrons. The SMILES string of the molecule is CCC(C)(C)c1cc(Cc2ccc(OC)c(C(C)(C)CC)c2)ccc1OC. The molecule has 2 heteroatoms. The highest BCUT2D eigenvalue weighted by molar-refractivity contribution is 5.46. The minimum atomic E-state index is 0.0939. The first kappa shape index (κ1) is 21.3. The van der Waals surface area contributed by atoms with Gasteiger partial charge in [0.25, 0.3) is 0 Å². The summed E-state index contributed by atoms with van der Waals surface area (Å²) >= 11 is 0. The Bertz CT molecular complexity index is 706. The van der Waals surface area contributed by atoms with E-state index in [2.05, 4.69) is 77.9 Å².